The number of benzene rings is 2. The highest BCUT2D eigenvalue weighted by Crippen LogP contribution is 2.37. The molecule has 6 nitrogen and oxygen atoms in total. The zero-order valence-corrected chi connectivity index (χ0v) is 22.4. The number of carbonyl (C=O) groups is 2. The minimum Gasteiger partial charge on any atom is -0.481 e. The van der Waals surface area contributed by atoms with E-state index in [4.69, 9.17) is 21.7 Å². The van der Waals surface area contributed by atoms with Gasteiger partial charge >= 0.3 is 5.97 Å². The van der Waals surface area contributed by atoms with E-state index in [0.717, 1.165) is 40.5 Å². The summed E-state index contributed by atoms with van der Waals surface area (Å²) in [6.45, 7) is 0.685. The van der Waals surface area contributed by atoms with Crippen molar-refractivity contribution >= 4 is 45.6 Å². The molecule has 2 N–H and O–H groups in total. The summed E-state index contributed by atoms with van der Waals surface area (Å²) in [5, 5.41) is 15.1. The number of aromatic nitrogens is 1. The molecule has 1 amide bonds. The van der Waals surface area contributed by atoms with Crippen LogP contribution in [0.15, 0.2) is 83.3 Å². The third-order valence-corrected chi connectivity index (χ3v) is 7.88. The fraction of sp³-hybridized carbons (Fsp3) is 0.233. The number of thiazole rings is 1. The Morgan fingerprint density at radius 1 is 1.11 bits per heavy atom. The Hall–Kier alpha value is -3.68. The van der Waals surface area contributed by atoms with Crippen molar-refractivity contribution in [2.24, 2.45) is 0 Å². The number of amides is 1. The van der Waals surface area contributed by atoms with Crippen LogP contribution >= 0.6 is 22.9 Å². The van der Waals surface area contributed by atoms with Crippen molar-refractivity contribution in [2.45, 2.75) is 32.1 Å². The van der Waals surface area contributed by atoms with Crippen molar-refractivity contribution in [1.82, 2.24) is 10.3 Å². The number of nitrogens with zero attached hydrogens (tertiary/aromatic N) is 2. The fourth-order valence-corrected chi connectivity index (χ4v) is 5.78. The van der Waals surface area contributed by atoms with Crippen molar-refractivity contribution < 1.29 is 14.7 Å². The van der Waals surface area contributed by atoms with Crippen LogP contribution in [0.1, 0.15) is 30.4 Å². The molecule has 0 saturated heterocycles. The number of hydrogen-bond donors (Lipinski definition) is 2. The SMILES string of the molecule is O=C(O)CCNC(=O)C1=CC=C(CN(c2ccc3c(c2)CCC3)c2nc(-c3ccccc3Cl)cs2)C=CC1. The zero-order valence-electron chi connectivity index (χ0n) is 20.8. The Bertz CT molecular complexity index is 1460. The van der Waals surface area contributed by atoms with Gasteiger partial charge in [-0.2, -0.15) is 0 Å². The first-order valence-electron chi connectivity index (χ1n) is 12.6. The van der Waals surface area contributed by atoms with Gasteiger partial charge in [-0.1, -0.05) is 60.2 Å². The zero-order chi connectivity index (χ0) is 26.5. The predicted octanol–water partition coefficient (Wildman–Crippen LogP) is 6.49. The minimum atomic E-state index is -0.936. The maximum absolute atomic E-state index is 12.5. The van der Waals surface area contributed by atoms with Gasteiger partial charge in [0.15, 0.2) is 5.13 Å². The van der Waals surface area contributed by atoms with Crippen LogP contribution < -0.4 is 10.2 Å². The van der Waals surface area contributed by atoms with Gasteiger partial charge in [0.1, 0.15) is 0 Å². The Morgan fingerprint density at radius 3 is 2.79 bits per heavy atom. The average molecular weight is 546 g/mol. The third-order valence-electron chi connectivity index (χ3n) is 6.69. The van der Waals surface area contributed by atoms with Crippen LogP contribution in [-0.4, -0.2) is 35.1 Å². The van der Waals surface area contributed by atoms with E-state index in [-0.39, 0.29) is 18.9 Å². The smallest absolute Gasteiger partial charge is 0.305 e. The lowest BCUT2D eigenvalue weighted by Crippen LogP contribution is -2.27. The molecule has 2 aromatic carbocycles. The largest absolute Gasteiger partial charge is 0.481 e. The molecular weight excluding hydrogens is 518 g/mol. The second-order valence-corrected chi connectivity index (χ2v) is 10.6. The number of carboxylic acids is 1. The molecule has 0 unspecified atom stereocenters. The molecule has 0 saturated carbocycles. The van der Waals surface area contributed by atoms with Crippen molar-refractivity contribution in [3.05, 3.63) is 99.4 Å². The first kappa shape index (κ1) is 25.9. The Kier molecular flexibility index (Phi) is 8.05. The number of aryl methyl sites for hydroxylation is 2. The molecule has 0 fully saturated rings. The van der Waals surface area contributed by atoms with E-state index in [2.05, 4.69) is 28.4 Å². The van der Waals surface area contributed by atoms with Gasteiger partial charge in [0.25, 0.3) is 0 Å². The molecular formula is C30H28ClN3O3S. The van der Waals surface area contributed by atoms with Crippen LogP contribution in [0.4, 0.5) is 10.8 Å². The quantitative estimate of drug-likeness (QED) is 0.321. The van der Waals surface area contributed by atoms with Crippen LogP contribution in [0.25, 0.3) is 11.3 Å². The second-order valence-electron chi connectivity index (χ2n) is 9.33. The van der Waals surface area contributed by atoms with E-state index in [0.29, 0.717) is 23.6 Å². The standard InChI is InChI=1S/C30H28ClN3O3S/c31-26-10-2-1-9-25(26)27-19-38-30(33-27)34(24-14-13-21-6-4-8-23(21)17-24)18-20-5-3-7-22(12-11-20)29(37)32-16-15-28(35)36/h1-3,5,9-14,17,19H,4,6-8,15-16,18H2,(H,32,37)(H,35,36). The van der Waals surface area contributed by atoms with E-state index in [1.54, 1.807) is 11.3 Å². The lowest BCUT2D eigenvalue weighted by molar-refractivity contribution is -0.136. The van der Waals surface area contributed by atoms with Crippen molar-refractivity contribution in [3.63, 3.8) is 0 Å². The number of aliphatic carboxylic acids is 1. The van der Waals surface area contributed by atoms with E-state index < -0.39 is 5.97 Å². The predicted molar refractivity (Wildman–Crippen MR) is 153 cm³/mol. The van der Waals surface area contributed by atoms with Crippen LogP contribution in [0.5, 0.6) is 0 Å². The molecule has 8 heteroatoms. The normalized spacial score (nSPS) is 14.3. The van der Waals surface area contributed by atoms with Gasteiger partial charge in [-0.05, 0) is 60.6 Å². The molecule has 0 atom stereocenters. The molecule has 0 spiro atoms. The number of hydrogen-bond acceptors (Lipinski definition) is 5. The number of nitrogens with one attached hydrogen (secondary N) is 1. The molecule has 194 valence electrons. The van der Waals surface area contributed by atoms with Gasteiger partial charge in [-0.15, -0.1) is 11.3 Å². The fourth-order valence-electron chi connectivity index (χ4n) is 4.70. The van der Waals surface area contributed by atoms with Crippen molar-refractivity contribution in [3.8, 4) is 11.3 Å². The Labute approximate surface area is 231 Å². The van der Waals surface area contributed by atoms with Crippen LogP contribution in [0.3, 0.4) is 0 Å². The van der Waals surface area contributed by atoms with Crippen LogP contribution in [0, 0.1) is 0 Å². The van der Waals surface area contributed by atoms with Gasteiger partial charge in [-0.3, -0.25) is 9.59 Å². The van der Waals surface area contributed by atoms with Crippen molar-refractivity contribution in [1.29, 1.82) is 0 Å². The summed E-state index contributed by atoms with van der Waals surface area (Å²) in [6.07, 6.45) is 11.6. The van der Waals surface area contributed by atoms with E-state index in [1.807, 2.05) is 53.9 Å². The second kappa shape index (κ2) is 11.8. The van der Waals surface area contributed by atoms with Gasteiger partial charge in [0, 0.05) is 33.8 Å². The highest BCUT2D eigenvalue weighted by Gasteiger charge is 2.20. The van der Waals surface area contributed by atoms with Gasteiger partial charge in [0.05, 0.1) is 18.7 Å². The lowest BCUT2D eigenvalue weighted by Gasteiger charge is -2.23. The summed E-state index contributed by atoms with van der Waals surface area (Å²) in [5.41, 5.74) is 7.27. The molecule has 0 aliphatic heterocycles. The Morgan fingerprint density at radius 2 is 1.95 bits per heavy atom. The summed E-state index contributed by atoms with van der Waals surface area (Å²) < 4.78 is 0. The summed E-state index contributed by atoms with van der Waals surface area (Å²) in [5.74, 6) is -1.18. The Balaban J connectivity index is 1.42. The monoisotopic (exact) mass is 545 g/mol. The van der Waals surface area contributed by atoms with Gasteiger partial charge < -0.3 is 15.3 Å². The average Bonchev–Trinajstić information content (AvgIpc) is 3.52. The minimum absolute atomic E-state index is 0.102. The van der Waals surface area contributed by atoms with Gasteiger partial charge in [0.2, 0.25) is 5.91 Å². The first-order valence-corrected chi connectivity index (χ1v) is 13.9. The van der Waals surface area contributed by atoms with E-state index >= 15 is 0 Å². The maximum Gasteiger partial charge on any atom is 0.305 e. The topological polar surface area (TPSA) is 82.5 Å². The van der Waals surface area contributed by atoms with Crippen molar-refractivity contribution in [2.75, 3.05) is 18.0 Å². The van der Waals surface area contributed by atoms with Crippen LogP contribution in [-0.2, 0) is 22.4 Å². The number of allylic oxidation sites excluding steroid dienone is 3. The first-order chi connectivity index (χ1) is 18.5. The number of anilines is 2. The summed E-state index contributed by atoms with van der Waals surface area (Å²) in [6, 6.07) is 14.4. The van der Waals surface area contributed by atoms with Gasteiger partial charge in [-0.25, -0.2) is 4.98 Å². The number of carbonyl (C=O) groups excluding carboxylic acids is 1. The molecule has 2 aliphatic rings. The molecule has 5 rings (SSSR count). The molecule has 1 aromatic heterocycles. The summed E-state index contributed by atoms with van der Waals surface area (Å²) >= 11 is 8.03. The molecule has 0 radical (unpaired) electrons. The summed E-state index contributed by atoms with van der Waals surface area (Å²) in [4.78, 5) is 30.4. The molecule has 1 heterocycles. The van der Waals surface area contributed by atoms with E-state index in [9.17, 15) is 9.59 Å². The van der Waals surface area contributed by atoms with Crippen LogP contribution in [0.2, 0.25) is 5.02 Å². The number of carboxylic acid groups (broad SMARTS) is 1. The highest BCUT2D eigenvalue weighted by molar-refractivity contribution is 7.14. The lowest BCUT2D eigenvalue weighted by atomic mass is 10.1. The number of rotatable bonds is 9. The molecule has 3 aromatic rings. The molecule has 2 aliphatic carbocycles. The number of halogens is 1. The summed E-state index contributed by atoms with van der Waals surface area (Å²) in [7, 11) is 0. The van der Waals surface area contributed by atoms with E-state index in [1.165, 1.54) is 17.5 Å². The number of fused-ring (bicyclic) bond motifs is 1. The maximum atomic E-state index is 12.5. The molecule has 38 heavy (non-hydrogen) atoms. The highest BCUT2D eigenvalue weighted by atomic mass is 35.5. The third kappa shape index (κ3) is 6.06. The molecule has 0 bridgehead atoms.